The second kappa shape index (κ2) is 8.33. The lowest BCUT2D eigenvalue weighted by atomic mass is 9.90. The minimum Gasteiger partial charge on any atom is -0.507 e. The summed E-state index contributed by atoms with van der Waals surface area (Å²) < 4.78 is 0. The highest BCUT2D eigenvalue weighted by atomic mass is 16.3. The van der Waals surface area contributed by atoms with Crippen LogP contribution >= 0.6 is 0 Å². The molecule has 0 spiro atoms. The second-order valence-corrected chi connectivity index (χ2v) is 9.90. The topological polar surface area (TPSA) is 58.9 Å². The number of aromatic nitrogens is 3. The Morgan fingerprint density at radius 2 is 1.23 bits per heavy atom. The van der Waals surface area contributed by atoms with Crippen LogP contribution in [0, 0.1) is 0 Å². The van der Waals surface area contributed by atoms with E-state index in [-0.39, 0.29) is 5.75 Å². The molecule has 0 aliphatic carbocycles. The van der Waals surface area contributed by atoms with E-state index in [1.165, 1.54) is 16.2 Å². The molecule has 6 aromatic carbocycles. The van der Waals surface area contributed by atoms with Gasteiger partial charge in [-0.2, -0.15) is 5.10 Å². The van der Waals surface area contributed by atoms with Crippen molar-refractivity contribution in [2.24, 2.45) is 0 Å². The van der Waals surface area contributed by atoms with Gasteiger partial charge in [-0.1, -0.05) is 91.0 Å². The van der Waals surface area contributed by atoms with Crippen LogP contribution in [0.25, 0.3) is 76.9 Å². The highest BCUT2D eigenvalue weighted by Gasteiger charge is 2.17. The van der Waals surface area contributed by atoms with Gasteiger partial charge < -0.3 is 5.11 Å². The average Bonchev–Trinajstić information content (AvgIpc) is 2.99. The molecule has 4 nitrogen and oxygen atoms in total. The van der Waals surface area contributed by atoms with Crippen LogP contribution < -0.4 is 0 Å². The summed E-state index contributed by atoms with van der Waals surface area (Å²) in [6, 6.07) is 39.0. The third-order valence-corrected chi connectivity index (χ3v) is 7.63. The van der Waals surface area contributed by atoms with E-state index in [2.05, 4.69) is 76.9 Å². The maximum atomic E-state index is 11.2. The van der Waals surface area contributed by atoms with Gasteiger partial charge in [0, 0.05) is 27.5 Å². The number of rotatable bonds is 3. The first-order valence-corrected chi connectivity index (χ1v) is 12.9. The molecule has 0 atom stereocenters. The molecule has 4 heteroatoms. The summed E-state index contributed by atoms with van der Waals surface area (Å²) in [5.74, 6) is 0.227. The van der Waals surface area contributed by atoms with Gasteiger partial charge in [0.1, 0.15) is 11.4 Å². The zero-order valence-corrected chi connectivity index (χ0v) is 20.8. The molecule has 0 radical (unpaired) electrons. The Kier molecular flexibility index (Phi) is 4.64. The molecule has 8 rings (SSSR count). The second-order valence-electron chi connectivity index (χ2n) is 9.90. The van der Waals surface area contributed by atoms with Gasteiger partial charge in [0.15, 0.2) is 0 Å². The van der Waals surface area contributed by atoms with Gasteiger partial charge >= 0.3 is 0 Å². The molecule has 0 unspecified atom stereocenters. The summed E-state index contributed by atoms with van der Waals surface area (Å²) in [4.78, 5) is 5.06. The largest absolute Gasteiger partial charge is 0.507 e. The molecule has 0 bridgehead atoms. The van der Waals surface area contributed by atoms with Crippen molar-refractivity contribution in [1.29, 1.82) is 0 Å². The highest BCUT2D eigenvalue weighted by molar-refractivity contribution is 6.26. The van der Waals surface area contributed by atoms with Crippen LogP contribution in [0.1, 0.15) is 0 Å². The molecule has 2 aromatic heterocycles. The number of hydrogen-bond donors (Lipinski definition) is 1. The number of aromatic hydroxyl groups is 1. The molecular weight excluding hydrogens is 478 g/mol. The van der Waals surface area contributed by atoms with Gasteiger partial charge in [-0.25, -0.2) is 4.98 Å². The first-order valence-electron chi connectivity index (χ1n) is 12.9. The highest BCUT2D eigenvalue weighted by Crippen LogP contribution is 2.43. The number of hydrogen-bond acceptors (Lipinski definition) is 4. The fourth-order valence-corrected chi connectivity index (χ4v) is 5.87. The molecule has 1 N–H and O–H groups in total. The number of phenolic OH excluding ortho intramolecular Hbond substituents is 1. The summed E-state index contributed by atoms with van der Waals surface area (Å²) in [7, 11) is 0. The van der Waals surface area contributed by atoms with E-state index in [1.54, 1.807) is 6.20 Å². The third-order valence-electron chi connectivity index (χ3n) is 7.63. The van der Waals surface area contributed by atoms with Gasteiger partial charge in [0.25, 0.3) is 0 Å². The van der Waals surface area contributed by atoms with E-state index in [9.17, 15) is 5.11 Å². The maximum absolute atomic E-state index is 11.2. The van der Waals surface area contributed by atoms with Crippen molar-refractivity contribution < 1.29 is 5.11 Å². The standard InChI is InChI=1S/C35H21N3O/c39-31-19-24-15-14-21-7-3-8-22-16-17-28(33(24)32(21)22)34(31)30-13-5-12-29(37-30)23-9-4-10-25(18-23)35-27-11-2-1-6-26(27)20-36-38-35/h1-20,39H. The lowest BCUT2D eigenvalue weighted by Gasteiger charge is -2.16. The van der Waals surface area contributed by atoms with Gasteiger partial charge in [-0.05, 0) is 56.6 Å². The van der Waals surface area contributed by atoms with Crippen molar-refractivity contribution in [3.05, 3.63) is 121 Å². The first kappa shape index (κ1) is 21.7. The Labute approximate surface area is 224 Å². The van der Waals surface area contributed by atoms with Gasteiger partial charge in [0.05, 0.1) is 17.6 Å². The molecule has 0 aliphatic heterocycles. The molecular formula is C35H21N3O. The maximum Gasteiger partial charge on any atom is 0.126 e. The monoisotopic (exact) mass is 499 g/mol. The quantitative estimate of drug-likeness (QED) is 0.247. The summed E-state index contributed by atoms with van der Waals surface area (Å²) in [6.45, 7) is 0. The Hall–Kier alpha value is -5.35. The minimum absolute atomic E-state index is 0.227. The number of fused-ring (bicyclic) bond motifs is 1. The van der Waals surface area contributed by atoms with Gasteiger partial charge in [-0.15, -0.1) is 5.10 Å². The molecule has 8 aromatic rings. The molecule has 0 saturated heterocycles. The summed E-state index contributed by atoms with van der Waals surface area (Å²) >= 11 is 0. The third kappa shape index (κ3) is 3.35. The average molecular weight is 500 g/mol. The number of phenols is 1. The van der Waals surface area contributed by atoms with Crippen molar-refractivity contribution >= 4 is 43.1 Å². The smallest absolute Gasteiger partial charge is 0.126 e. The molecule has 39 heavy (non-hydrogen) atoms. The SMILES string of the molecule is Oc1cc2ccc3cccc4ccc(c1-c1cccc(-c5cccc(-c6nncc7ccccc67)c5)n1)c2c34. The van der Waals surface area contributed by atoms with Crippen LogP contribution in [-0.2, 0) is 0 Å². The predicted octanol–water partition coefficient (Wildman–Crippen LogP) is 8.63. The van der Waals surface area contributed by atoms with E-state index < -0.39 is 0 Å². The Balaban J connectivity index is 1.30. The predicted molar refractivity (Wildman–Crippen MR) is 159 cm³/mol. The normalized spacial score (nSPS) is 11.7. The molecule has 0 saturated carbocycles. The van der Waals surface area contributed by atoms with Crippen LogP contribution in [0.5, 0.6) is 5.75 Å². The molecule has 182 valence electrons. The van der Waals surface area contributed by atoms with Crippen molar-refractivity contribution in [2.75, 3.05) is 0 Å². The summed E-state index contributed by atoms with van der Waals surface area (Å²) in [5.41, 5.74) is 5.11. The molecule has 0 amide bonds. The van der Waals surface area contributed by atoms with E-state index in [0.29, 0.717) is 0 Å². The van der Waals surface area contributed by atoms with Crippen molar-refractivity contribution in [3.63, 3.8) is 0 Å². The zero-order valence-electron chi connectivity index (χ0n) is 20.8. The van der Waals surface area contributed by atoms with Crippen LogP contribution in [0.15, 0.2) is 121 Å². The lowest BCUT2D eigenvalue weighted by molar-refractivity contribution is 0.478. The Morgan fingerprint density at radius 1 is 0.513 bits per heavy atom. The van der Waals surface area contributed by atoms with Gasteiger partial charge in [0.2, 0.25) is 0 Å². The van der Waals surface area contributed by atoms with Gasteiger partial charge in [-0.3, -0.25) is 0 Å². The van der Waals surface area contributed by atoms with E-state index in [1.807, 2.05) is 48.5 Å². The molecule has 0 aliphatic rings. The fraction of sp³-hybridized carbons (Fsp3) is 0. The minimum atomic E-state index is 0.227. The zero-order chi connectivity index (χ0) is 25.9. The van der Waals surface area contributed by atoms with Crippen LogP contribution in [-0.4, -0.2) is 20.3 Å². The van der Waals surface area contributed by atoms with Crippen molar-refractivity contribution in [1.82, 2.24) is 15.2 Å². The molecule has 0 fully saturated rings. The number of nitrogens with zero attached hydrogens (tertiary/aromatic N) is 3. The molecule has 2 heterocycles. The van der Waals surface area contributed by atoms with Crippen LogP contribution in [0.2, 0.25) is 0 Å². The Morgan fingerprint density at radius 3 is 2.15 bits per heavy atom. The summed E-state index contributed by atoms with van der Waals surface area (Å²) in [6.07, 6.45) is 1.79. The van der Waals surface area contributed by atoms with Crippen molar-refractivity contribution in [2.45, 2.75) is 0 Å². The first-order chi connectivity index (χ1) is 19.2. The number of benzene rings is 6. The van der Waals surface area contributed by atoms with Crippen LogP contribution in [0.3, 0.4) is 0 Å². The Bertz CT molecular complexity index is 2180. The van der Waals surface area contributed by atoms with E-state index >= 15 is 0 Å². The van der Waals surface area contributed by atoms with Crippen molar-refractivity contribution in [3.8, 4) is 39.5 Å². The summed E-state index contributed by atoms with van der Waals surface area (Å²) in [5, 5.41) is 28.8. The fourth-order valence-electron chi connectivity index (χ4n) is 5.87. The lowest BCUT2D eigenvalue weighted by Crippen LogP contribution is -1.93. The van der Waals surface area contributed by atoms with E-state index in [4.69, 9.17) is 4.98 Å². The van der Waals surface area contributed by atoms with Crippen LogP contribution in [0.4, 0.5) is 0 Å². The van der Waals surface area contributed by atoms with E-state index in [0.717, 1.165) is 60.7 Å². The number of pyridine rings is 1.